The van der Waals surface area contributed by atoms with Gasteiger partial charge < -0.3 is 4.55 Å². The first kappa shape index (κ1) is 9.60. The molecule has 0 spiro atoms. The molecule has 0 radical (unpaired) electrons. The standard InChI is InChI=1S/C6H11NO2S/c1-2-6(10(8)9)4-3-5-7/h6H,2-4H2,1H3,(H,8,9). The van der Waals surface area contributed by atoms with E-state index in [9.17, 15) is 4.21 Å². The molecule has 0 saturated carbocycles. The van der Waals surface area contributed by atoms with Crippen molar-refractivity contribution in [2.75, 3.05) is 0 Å². The summed E-state index contributed by atoms with van der Waals surface area (Å²) in [5, 5.41) is 7.94. The molecule has 0 saturated heterocycles. The third-order valence-corrected chi connectivity index (χ3v) is 2.46. The van der Waals surface area contributed by atoms with Gasteiger partial charge in [0, 0.05) is 6.42 Å². The largest absolute Gasteiger partial charge is 0.306 e. The lowest BCUT2D eigenvalue weighted by Gasteiger charge is -2.05. The Kier molecular flexibility index (Phi) is 5.17. The zero-order valence-electron chi connectivity index (χ0n) is 5.91. The minimum atomic E-state index is -1.76. The molecule has 0 fully saturated rings. The van der Waals surface area contributed by atoms with E-state index in [1.165, 1.54) is 0 Å². The molecule has 4 heteroatoms. The molecule has 0 bridgehead atoms. The van der Waals surface area contributed by atoms with Crippen LogP contribution in [0.5, 0.6) is 0 Å². The lowest BCUT2D eigenvalue weighted by atomic mass is 10.2. The molecule has 3 nitrogen and oxygen atoms in total. The van der Waals surface area contributed by atoms with Crippen molar-refractivity contribution in [3.8, 4) is 6.07 Å². The fourth-order valence-electron chi connectivity index (χ4n) is 0.673. The molecule has 2 unspecified atom stereocenters. The van der Waals surface area contributed by atoms with E-state index in [2.05, 4.69) is 0 Å². The zero-order valence-corrected chi connectivity index (χ0v) is 6.73. The average molecular weight is 161 g/mol. The van der Waals surface area contributed by atoms with Gasteiger partial charge in [0.25, 0.3) is 0 Å². The molecule has 2 atom stereocenters. The molecule has 0 aromatic heterocycles. The van der Waals surface area contributed by atoms with Gasteiger partial charge in [0.05, 0.1) is 11.3 Å². The summed E-state index contributed by atoms with van der Waals surface area (Å²) in [4.78, 5) is 0. The number of rotatable bonds is 4. The Labute approximate surface area is 63.3 Å². The van der Waals surface area contributed by atoms with Crippen molar-refractivity contribution in [1.82, 2.24) is 0 Å². The summed E-state index contributed by atoms with van der Waals surface area (Å²) in [6, 6.07) is 1.94. The van der Waals surface area contributed by atoms with Crippen LogP contribution >= 0.6 is 0 Å². The van der Waals surface area contributed by atoms with E-state index < -0.39 is 11.1 Å². The molecule has 58 valence electrons. The highest BCUT2D eigenvalue weighted by atomic mass is 32.2. The van der Waals surface area contributed by atoms with E-state index >= 15 is 0 Å². The van der Waals surface area contributed by atoms with Gasteiger partial charge in [-0.2, -0.15) is 5.26 Å². The van der Waals surface area contributed by atoms with Crippen LogP contribution in [-0.4, -0.2) is 14.0 Å². The number of hydrogen-bond acceptors (Lipinski definition) is 2. The first-order chi connectivity index (χ1) is 4.72. The topological polar surface area (TPSA) is 61.1 Å². The van der Waals surface area contributed by atoms with Crippen LogP contribution in [0.3, 0.4) is 0 Å². The Morgan fingerprint density at radius 1 is 1.80 bits per heavy atom. The van der Waals surface area contributed by atoms with Gasteiger partial charge in [-0.05, 0) is 12.8 Å². The first-order valence-electron chi connectivity index (χ1n) is 3.19. The second-order valence-corrected chi connectivity index (χ2v) is 3.22. The summed E-state index contributed by atoms with van der Waals surface area (Å²) in [5.74, 6) is 0. The maximum atomic E-state index is 10.4. The summed E-state index contributed by atoms with van der Waals surface area (Å²) in [7, 11) is 0. The third kappa shape index (κ3) is 3.59. The molecule has 0 rings (SSSR count). The van der Waals surface area contributed by atoms with Crippen molar-refractivity contribution in [2.45, 2.75) is 31.4 Å². The van der Waals surface area contributed by atoms with Gasteiger partial charge in [0.1, 0.15) is 0 Å². The molecule has 1 N–H and O–H groups in total. The maximum absolute atomic E-state index is 10.4. The second-order valence-electron chi connectivity index (χ2n) is 2.00. The fourth-order valence-corrected chi connectivity index (χ4v) is 1.28. The Balaban J connectivity index is 3.63. The fraction of sp³-hybridized carbons (Fsp3) is 0.833. The van der Waals surface area contributed by atoms with Crippen molar-refractivity contribution in [3.05, 3.63) is 0 Å². The number of hydrogen-bond donors (Lipinski definition) is 1. The highest BCUT2D eigenvalue weighted by molar-refractivity contribution is 7.79. The van der Waals surface area contributed by atoms with Crippen LogP contribution in [0.4, 0.5) is 0 Å². The van der Waals surface area contributed by atoms with Crippen molar-refractivity contribution in [1.29, 1.82) is 5.26 Å². The normalized spacial score (nSPS) is 15.7. The lowest BCUT2D eigenvalue weighted by Crippen LogP contribution is -2.12. The van der Waals surface area contributed by atoms with E-state index in [1.54, 1.807) is 0 Å². The zero-order chi connectivity index (χ0) is 7.98. The average Bonchev–Trinajstić information content (AvgIpc) is 1.89. The quantitative estimate of drug-likeness (QED) is 0.632. The summed E-state index contributed by atoms with van der Waals surface area (Å²) in [5.41, 5.74) is 0. The number of nitriles is 1. The van der Waals surface area contributed by atoms with Crippen LogP contribution in [0.2, 0.25) is 0 Å². The first-order valence-corrected chi connectivity index (χ1v) is 4.36. The summed E-state index contributed by atoms with van der Waals surface area (Å²) in [6.45, 7) is 1.84. The van der Waals surface area contributed by atoms with Crippen molar-refractivity contribution >= 4 is 11.1 Å². The predicted octanol–water partition coefficient (Wildman–Crippen LogP) is 1.29. The Hall–Kier alpha value is -0.400. The van der Waals surface area contributed by atoms with Crippen LogP contribution in [0, 0.1) is 11.3 Å². The minimum Gasteiger partial charge on any atom is -0.306 e. The Morgan fingerprint density at radius 3 is 2.70 bits per heavy atom. The van der Waals surface area contributed by atoms with Gasteiger partial charge in [0.15, 0.2) is 11.1 Å². The van der Waals surface area contributed by atoms with Crippen LogP contribution in [-0.2, 0) is 11.1 Å². The molecule has 0 aliphatic rings. The van der Waals surface area contributed by atoms with E-state index in [1.807, 2.05) is 13.0 Å². The summed E-state index contributed by atoms with van der Waals surface area (Å²) >= 11 is -1.76. The molecule has 10 heavy (non-hydrogen) atoms. The second kappa shape index (κ2) is 5.39. The molecule has 0 aromatic rings. The van der Waals surface area contributed by atoms with Crippen LogP contribution < -0.4 is 0 Å². The van der Waals surface area contributed by atoms with Gasteiger partial charge >= 0.3 is 0 Å². The van der Waals surface area contributed by atoms with Gasteiger partial charge in [-0.3, -0.25) is 0 Å². The molecule has 0 aromatic carbocycles. The van der Waals surface area contributed by atoms with Crippen molar-refractivity contribution in [2.24, 2.45) is 0 Å². The molecule has 0 amide bonds. The lowest BCUT2D eigenvalue weighted by molar-refractivity contribution is 0.537. The summed E-state index contributed by atoms with van der Waals surface area (Å²) < 4.78 is 19.0. The van der Waals surface area contributed by atoms with E-state index in [0.717, 1.165) is 0 Å². The van der Waals surface area contributed by atoms with Crippen molar-refractivity contribution in [3.63, 3.8) is 0 Å². The molecule has 0 aliphatic carbocycles. The SMILES string of the molecule is CCC(CCC#N)S(=O)O. The Morgan fingerprint density at radius 2 is 2.40 bits per heavy atom. The minimum absolute atomic E-state index is 0.223. The molecule has 0 heterocycles. The van der Waals surface area contributed by atoms with Crippen LogP contribution in [0.15, 0.2) is 0 Å². The smallest absolute Gasteiger partial charge is 0.156 e. The molecule has 0 aliphatic heterocycles. The van der Waals surface area contributed by atoms with E-state index in [-0.39, 0.29) is 5.25 Å². The van der Waals surface area contributed by atoms with Crippen molar-refractivity contribution < 1.29 is 8.76 Å². The third-order valence-electron chi connectivity index (χ3n) is 1.32. The van der Waals surface area contributed by atoms with Crippen LogP contribution in [0.1, 0.15) is 26.2 Å². The van der Waals surface area contributed by atoms with E-state index in [0.29, 0.717) is 19.3 Å². The highest BCUT2D eigenvalue weighted by Crippen LogP contribution is 2.06. The van der Waals surface area contributed by atoms with Gasteiger partial charge in [0.2, 0.25) is 0 Å². The van der Waals surface area contributed by atoms with E-state index in [4.69, 9.17) is 9.81 Å². The maximum Gasteiger partial charge on any atom is 0.156 e. The van der Waals surface area contributed by atoms with Gasteiger partial charge in [-0.1, -0.05) is 6.92 Å². The highest BCUT2D eigenvalue weighted by Gasteiger charge is 2.10. The number of nitrogens with zero attached hydrogens (tertiary/aromatic N) is 1. The monoisotopic (exact) mass is 161 g/mol. The molecular formula is C6H11NO2S. The molecular weight excluding hydrogens is 150 g/mol. The predicted molar refractivity (Wildman–Crippen MR) is 39.7 cm³/mol. The van der Waals surface area contributed by atoms with Gasteiger partial charge in [-0.15, -0.1) is 0 Å². The Bertz CT molecular complexity index is 152. The van der Waals surface area contributed by atoms with Crippen LogP contribution in [0.25, 0.3) is 0 Å². The summed E-state index contributed by atoms with van der Waals surface area (Å²) in [6.07, 6.45) is 1.55. The van der Waals surface area contributed by atoms with Gasteiger partial charge in [-0.25, -0.2) is 4.21 Å².